The predicted molar refractivity (Wildman–Crippen MR) is 143 cm³/mol. The zero-order valence-electron chi connectivity index (χ0n) is 19.7. The summed E-state index contributed by atoms with van der Waals surface area (Å²) < 4.78 is 0. The minimum Gasteiger partial charge on any atom is -0.355 e. The highest BCUT2D eigenvalue weighted by Gasteiger charge is 2.16. The Balaban J connectivity index is 0.000000248. The van der Waals surface area contributed by atoms with Crippen LogP contribution in [0.25, 0.3) is 0 Å². The van der Waals surface area contributed by atoms with Gasteiger partial charge in [0.15, 0.2) is 0 Å². The lowest BCUT2D eigenvalue weighted by molar-refractivity contribution is 0.0955. The van der Waals surface area contributed by atoms with Crippen LogP contribution in [-0.4, -0.2) is 25.9 Å². The largest absolute Gasteiger partial charge is 0.355 e. The Labute approximate surface area is 202 Å². The van der Waals surface area contributed by atoms with Gasteiger partial charge in [-0.1, -0.05) is 90.5 Å². The van der Waals surface area contributed by atoms with Gasteiger partial charge in [0, 0.05) is 25.2 Å². The maximum Gasteiger partial charge on any atom is 0.251 e. The van der Waals surface area contributed by atoms with Crippen molar-refractivity contribution in [2.24, 2.45) is 0 Å². The summed E-state index contributed by atoms with van der Waals surface area (Å²) in [4.78, 5) is 22.7. The van der Waals surface area contributed by atoms with Crippen molar-refractivity contribution in [2.45, 2.75) is 6.92 Å². The first-order valence-corrected chi connectivity index (χ1v) is 12.4. The molecule has 0 atom stereocenters. The standard InChI is InChI=1S/C20H18NOP.C9H11NO/c1-21-20(22)16-12-14-19(15-13-16)23(17-8-4-2-5-9-17)18-10-6-3-7-11-18;1-7-3-5-8(6-4-7)9(11)10-2/h2-15H,1H3,(H,21,22);3-6H,1-2H3,(H,10,11). The fraction of sp³-hybridized carbons (Fsp3) is 0.103. The Morgan fingerprint density at radius 2 is 0.882 bits per heavy atom. The van der Waals surface area contributed by atoms with E-state index in [9.17, 15) is 9.59 Å². The van der Waals surface area contributed by atoms with Gasteiger partial charge in [0.05, 0.1) is 0 Å². The maximum absolute atomic E-state index is 11.7. The van der Waals surface area contributed by atoms with E-state index < -0.39 is 7.92 Å². The molecule has 0 spiro atoms. The SMILES string of the molecule is CNC(=O)c1ccc(C)cc1.CNC(=O)c1ccc(P(c2ccccc2)c2ccccc2)cc1. The van der Waals surface area contributed by atoms with E-state index in [1.54, 1.807) is 14.1 Å². The van der Waals surface area contributed by atoms with Crippen LogP contribution in [-0.2, 0) is 0 Å². The Bertz CT molecular complexity index is 1150. The number of amides is 2. The fourth-order valence-corrected chi connectivity index (χ4v) is 5.64. The van der Waals surface area contributed by atoms with Gasteiger partial charge in [0.25, 0.3) is 11.8 Å². The summed E-state index contributed by atoms with van der Waals surface area (Å²) in [6, 6.07) is 36.5. The van der Waals surface area contributed by atoms with E-state index in [2.05, 4.69) is 71.3 Å². The summed E-state index contributed by atoms with van der Waals surface area (Å²) in [5.41, 5.74) is 2.56. The second-order valence-corrected chi connectivity index (χ2v) is 9.80. The third kappa shape index (κ3) is 6.63. The topological polar surface area (TPSA) is 58.2 Å². The first-order chi connectivity index (χ1) is 16.5. The molecular weight excluding hydrogens is 439 g/mol. The lowest BCUT2D eigenvalue weighted by atomic mass is 10.1. The fourth-order valence-electron chi connectivity index (χ4n) is 3.36. The van der Waals surface area contributed by atoms with Crippen molar-refractivity contribution < 1.29 is 9.59 Å². The van der Waals surface area contributed by atoms with Crippen LogP contribution in [0.2, 0.25) is 0 Å². The Hall–Kier alpha value is -3.75. The highest BCUT2D eigenvalue weighted by Crippen LogP contribution is 2.32. The molecule has 0 fully saturated rings. The van der Waals surface area contributed by atoms with E-state index in [0.29, 0.717) is 11.1 Å². The summed E-state index contributed by atoms with van der Waals surface area (Å²) in [6.45, 7) is 1.99. The summed E-state index contributed by atoms with van der Waals surface area (Å²) in [7, 11) is 2.66. The number of carbonyl (C=O) groups excluding carboxylic acids is 2. The molecule has 0 aliphatic rings. The van der Waals surface area contributed by atoms with Crippen LogP contribution in [0.4, 0.5) is 0 Å². The second kappa shape index (κ2) is 12.5. The number of hydrogen-bond acceptors (Lipinski definition) is 2. The van der Waals surface area contributed by atoms with E-state index >= 15 is 0 Å². The first-order valence-electron chi connectivity index (χ1n) is 11.0. The number of hydrogen-bond donors (Lipinski definition) is 2. The molecule has 34 heavy (non-hydrogen) atoms. The third-order valence-electron chi connectivity index (χ3n) is 5.18. The third-order valence-corrected chi connectivity index (χ3v) is 7.63. The Morgan fingerprint density at radius 3 is 1.26 bits per heavy atom. The zero-order valence-corrected chi connectivity index (χ0v) is 20.6. The minimum atomic E-state index is -0.614. The summed E-state index contributed by atoms with van der Waals surface area (Å²) >= 11 is 0. The number of rotatable bonds is 5. The van der Waals surface area contributed by atoms with Crippen molar-refractivity contribution >= 4 is 35.6 Å². The van der Waals surface area contributed by atoms with Gasteiger partial charge < -0.3 is 10.6 Å². The molecule has 0 aliphatic heterocycles. The highest BCUT2D eigenvalue weighted by molar-refractivity contribution is 7.79. The van der Waals surface area contributed by atoms with Crippen molar-refractivity contribution in [3.05, 3.63) is 126 Å². The zero-order chi connectivity index (χ0) is 24.3. The summed E-state index contributed by atoms with van der Waals surface area (Å²) in [6.07, 6.45) is 0. The van der Waals surface area contributed by atoms with Gasteiger partial charge in [-0.05, 0) is 55.0 Å². The van der Waals surface area contributed by atoms with Gasteiger partial charge in [-0.2, -0.15) is 0 Å². The molecule has 0 heterocycles. The van der Waals surface area contributed by atoms with Crippen LogP contribution in [0.3, 0.4) is 0 Å². The van der Waals surface area contributed by atoms with E-state index in [0.717, 1.165) is 5.56 Å². The van der Waals surface area contributed by atoms with Gasteiger partial charge in [0.1, 0.15) is 0 Å². The monoisotopic (exact) mass is 468 g/mol. The molecule has 0 aromatic heterocycles. The molecule has 0 aliphatic carbocycles. The van der Waals surface area contributed by atoms with Gasteiger partial charge in [-0.3, -0.25) is 9.59 Å². The first kappa shape index (κ1) is 24.9. The van der Waals surface area contributed by atoms with Crippen LogP contribution >= 0.6 is 7.92 Å². The number of aryl methyl sites for hydroxylation is 1. The molecule has 0 saturated heterocycles. The second-order valence-electron chi connectivity index (χ2n) is 7.58. The smallest absolute Gasteiger partial charge is 0.251 e. The quantitative estimate of drug-likeness (QED) is 0.432. The minimum absolute atomic E-state index is 0.0370. The van der Waals surface area contributed by atoms with Crippen molar-refractivity contribution in [3.8, 4) is 0 Å². The molecule has 172 valence electrons. The number of carbonyl (C=O) groups is 2. The van der Waals surface area contributed by atoms with Crippen LogP contribution in [0, 0.1) is 6.92 Å². The van der Waals surface area contributed by atoms with Crippen molar-refractivity contribution in [1.82, 2.24) is 10.6 Å². The molecule has 4 rings (SSSR count). The lowest BCUT2D eigenvalue weighted by Crippen LogP contribution is -2.22. The van der Waals surface area contributed by atoms with E-state index in [1.807, 2.05) is 55.5 Å². The van der Waals surface area contributed by atoms with Gasteiger partial charge in [-0.15, -0.1) is 0 Å². The molecule has 0 radical (unpaired) electrons. The highest BCUT2D eigenvalue weighted by atomic mass is 31.1. The Kier molecular flexibility index (Phi) is 9.13. The van der Waals surface area contributed by atoms with E-state index in [-0.39, 0.29) is 11.8 Å². The van der Waals surface area contributed by atoms with Crippen molar-refractivity contribution in [1.29, 1.82) is 0 Å². The lowest BCUT2D eigenvalue weighted by Gasteiger charge is -2.19. The van der Waals surface area contributed by atoms with Crippen molar-refractivity contribution in [2.75, 3.05) is 14.1 Å². The number of benzene rings is 4. The molecule has 2 amide bonds. The summed E-state index contributed by atoms with van der Waals surface area (Å²) in [5, 5.41) is 9.08. The molecule has 4 aromatic rings. The summed E-state index contributed by atoms with van der Waals surface area (Å²) in [5.74, 6) is -0.0923. The average molecular weight is 469 g/mol. The van der Waals surface area contributed by atoms with E-state index in [4.69, 9.17) is 0 Å². The van der Waals surface area contributed by atoms with Crippen LogP contribution in [0.5, 0.6) is 0 Å². The molecule has 4 aromatic carbocycles. The molecule has 0 unspecified atom stereocenters. The van der Waals surface area contributed by atoms with Crippen molar-refractivity contribution in [3.63, 3.8) is 0 Å². The Morgan fingerprint density at radius 1 is 0.529 bits per heavy atom. The predicted octanol–water partition coefficient (Wildman–Crippen LogP) is 4.16. The normalized spacial score (nSPS) is 10.1. The molecule has 4 nitrogen and oxygen atoms in total. The molecule has 0 saturated carbocycles. The van der Waals surface area contributed by atoms with Gasteiger partial charge >= 0.3 is 0 Å². The van der Waals surface area contributed by atoms with Gasteiger partial charge in [-0.25, -0.2) is 0 Å². The van der Waals surface area contributed by atoms with Crippen LogP contribution < -0.4 is 26.5 Å². The van der Waals surface area contributed by atoms with Gasteiger partial charge in [0.2, 0.25) is 0 Å². The number of nitrogens with one attached hydrogen (secondary N) is 2. The maximum atomic E-state index is 11.7. The van der Waals surface area contributed by atoms with Crippen LogP contribution in [0.15, 0.2) is 109 Å². The average Bonchev–Trinajstić information content (AvgIpc) is 2.90. The molecule has 0 bridgehead atoms. The molecular formula is C29H29N2O2P. The molecule has 2 N–H and O–H groups in total. The molecule has 5 heteroatoms. The van der Waals surface area contributed by atoms with Crippen LogP contribution in [0.1, 0.15) is 26.3 Å². The van der Waals surface area contributed by atoms with E-state index in [1.165, 1.54) is 15.9 Å².